The Hall–Kier alpha value is -2.75. The van der Waals surface area contributed by atoms with Crippen LogP contribution >= 0.6 is 0 Å². The number of aryl methyl sites for hydroxylation is 2. The minimum absolute atomic E-state index is 0.0569. The van der Waals surface area contributed by atoms with E-state index < -0.39 is 0 Å². The molecular formula is C21H22N2O2. The topological polar surface area (TPSA) is 54.1 Å². The van der Waals surface area contributed by atoms with Crippen molar-refractivity contribution >= 4 is 16.8 Å². The van der Waals surface area contributed by atoms with Crippen LogP contribution in [0.4, 0.5) is 0 Å². The van der Waals surface area contributed by atoms with Crippen LogP contribution in [-0.4, -0.2) is 18.0 Å². The van der Waals surface area contributed by atoms with Crippen molar-refractivity contribution in [3.05, 3.63) is 64.8 Å². The molecule has 25 heavy (non-hydrogen) atoms. The summed E-state index contributed by atoms with van der Waals surface area (Å²) in [5.74, 6) is 0.733. The summed E-state index contributed by atoms with van der Waals surface area (Å²) < 4.78 is 5.34. The maximum atomic E-state index is 12.6. The average Bonchev–Trinajstić information content (AvgIpc) is 3.04. The molecule has 1 aromatic heterocycles. The molecule has 0 spiro atoms. The van der Waals surface area contributed by atoms with Crippen molar-refractivity contribution in [2.45, 2.75) is 32.2 Å². The highest BCUT2D eigenvalue weighted by Gasteiger charge is 2.17. The zero-order valence-corrected chi connectivity index (χ0v) is 14.4. The summed E-state index contributed by atoms with van der Waals surface area (Å²) in [5, 5.41) is 4.19. The van der Waals surface area contributed by atoms with Gasteiger partial charge in [0.25, 0.3) is 5.91 Å². The molecule has 4 rings (SSSR count). The van der Waals surface area contributed by atoms with Crippen molar-refractivity contribution < 1.29 is 9.53 Å². The molecule has 3 aromatic rings. The lowest BCUT2D eigenvalue weighted by Gasteiger charge is -2.11. The number of aromatic nitrogens is 1. The maximum absolute atomic E-state index is 12.6. The van der Waals surface area contributed by atoms with Gasteiger partial charge in [-0.3, -0.25) is 4.79 Å². The molecule has 0 fully saturated rings. The van der Waals surface area contributed by atoms with E-state index in [1.165, 1.54) is 29.5 Å². The molecule has 4 nitrogen and oxygen atoms in total. The molecule has 0 saturated carbocycles. The average molecular weight is 334 g/mol. The number of aromatic amines is 1. The second kappa shape index (κ2) is 6.63. The molecule has 0 radical (unpaired) electrons. The lowest BCUT2D eigenvalue weighted by atomic mass is 9.95. The zero-order valence-electron chi connectivity index (χ0n) is 14.4. The molecule has 0 bridgehead atoms. The molecule has 1 aliphatic carbocycles. The third-order valence-corrected chi connectivity index (χ3v) is 4.99. The number of ether oxygens (including phenoxy) is 1. The Labute approximate surface area is 147 Å². The normalized spacial score (nSPS) is 13.5. The van der Waals surface area contributed by atoms with Gasteiger partial charge in [0, 0.05) is 34.3 Å². The van der Waals surface area contributed by atoms with E-state index in [1.807, 2.05) is 42.5 Å². The van der Waals surface area contributed by atoms with Crippen LogP contribution in [0.15, 0.2) is 42.5 Å². The summed E-state index contributed by atoms with van der Waals surface area (Å²) in [7, 11) is 1.64. The second-order valence-electron chi connectivity index (χ2n) is 6.54. The number of hydrogen-bond donors (Lipinski definition) is 2. The number of rotatable bonds is 4. The van der Waals surface area contributed by atoms with Gasteiger partial charge in [0.05, 0.1) is 7.11 Å². The van der Waals surface area contributed by atoms with Crippen molar-refractivity contribution in [2.24, 2.45) is 0 Å². The Bertz CT molecular complexity index is 927. The molecule has 2 N–H and O–H groups in total. The van der Waals surface area contributed by atoms with Crippen LogP contribution in [0.25, 0.3) is 10.9 Å². The van der Waals surface area contributed by atoms with Gasteiger partial charge in [0.1, 0.15) is 5.75 Å². The van der Waals surface area contributed by atoms with Crippen LogP contribution in [0.5, 0.6) is 5.75 Å². The standard InChI is InChI=1S/C21H22N2O2/c1-25-20-9-5-2-6-15(20)13-22-21(24)14-10-11-19-17(12-14)16-7-3-4-8-18(16)23-19/h2,5-6,9-12,23H,3-4,7-8,13H2,1H3,(H,22,24). The number of methoxy groups -OCH3 is 1. The highest BCUT2D eigenvalue weighted by atomic mass is 16.5. The number of H-pyrrole nitrogens is 1. The van der Waals surface area contributed by atoms with Gasteiger partial charge in [0.15, 0.2) is 0 Å². The van der Waals surface area contributed by atoms with Gasteiger partial charge in [-0.1, -0.05) is 18.2 Å². The van der Waals surface area contributed by atoms with Gasteiger partial charge in [-0.25, -0.2) is 0 Å². The van der Waals surface area contributed by atoms with Crippen molar-refractivity contribution in [3.8, 4) is 5.75 Å². The first-order valence-electron chi connectivity index (χ1n) is 8.80. The van der Waals surface area contributed by atoms with E-state index in [0.717, 1.165) is 29.7 Å². The van der Waals surface area contributed by atoms with Crippen LogP contribution in [0.2, 0.25) is 0 Å². The fourth-order valence-corrected chi connectivity index (χ4v) is 3.67. The van der Waals surface area contributed by atoms with E-state index in [9.17, 15) is 4.79 Å². The fourth-order valence-electron chi connectivity index (χ4n) is 3.67. The van der Waals surface area contributed by atoms with E-state index in [-0.39, 0.29) is 5.91 Å². The maximum Gasteiger partial charge on any atom is 0.251 e. The minimum atomic E-state index is -0.0569. The summed E-state index contributed by atoms with van der Waals surface area (Å²) in [4.78, 5) is 16.1. The lowest BCUT2D eigenvalue weighted by Crippen LogP contribution is -2.23. The summed E-state index contributed by atoms with van der Waals surface area (Å²) in [6, 6.07) is 13.7. The van der Waals surface area contributed by atoms with Crippen LogP contribution < -0.4 is 10.1 Å². The minimum Gasteiger partial charge on any atom is -0.496 e. The number of benzene rings is 2. The van der Waals surface area contributed by atoms with Crippen molar-refractivity contribution in [1.29, 1.82) is 0 Å². The Morgan fingerprint density at radius 2 is 2.00 bits per heavy atom. The predicted octanol–water partition coefficient (Wildman–Crippen LogP) is 3.99. The first-order valence-corrected chi connectivity index (χ1v) is 8.80. The number of fused-ring (bicyclic) bond motifs is 3. The third kappa shape index (κ3) is 3.00. The molecule has 1 aliphatic rings. The molecule has 1 heterocycles. The van der Waals surface area contributed by atoms with Gasteiger partial charge in [0.2, 0.25) is 0 Å². The smallest absolute Gasteiger partial charge is 0.251 e. The van der Waals surface area contributed by atoms with Crippen LogP contribution in [-0.2, 0) is 19.4 Å². The Morgan fingerprint density at radius 1 is 1.16 bits per heavy atom. The largest absolute Gasteiger partial charge is 0.496 e. The Morgan fingerprint density at radius 3 is 2.88 bits per heavy atom. The van der Waals surface area contributed by atoms with Crippen LogP contribution in [0.1, 0.15) is 40.0 Å². The van der Waals surface area contributed by atoms with E-state index in [1.54, 1.807) is 7.11 Å². The molecule has 0 atom stereocenters. The summed E-state index contributed by atoms with van der Waals surface area (Å²) in [6.45, 7) is 0.451. The molecular weight excluding hydrogens is 312 g/mol. The molecule has 2 aromatic carbocycles. The fraction of sp³-hybridized carbons (Fsp3) is 0.286. The first-order chi connectivity index (χ1) is 12.3. The molecule has 0 saturated heterocycles. The van der Waals surface area contributed by atoms with E-state index in [0.29, 0.717) is 12.1 Å². The monoisotopic (exact) mass is 334 g/mol. The summed E-state index contributed by atoms with van der Waals surface area (Å²) >= 11 is 0. The van der Waals surface area contributed by atoms with E-state index >= 15 is 0 Å². The molecule has 4 heteroatoms. The van der Waals surface area contributed by atoms with E-state index in [4.69, 9.17) is 4.74 Å². The van der Waals surface area contributed by atoms with E-state index in [2.05, 4.69) is 10.3 Å². The first kappa shape index (κ1) is 15.8. The number of amides is 1. The third-order valence-electron chi connectivity index (χ3n) is 4.99. The number of hydrogen-bond acceptors (Lipinski definition) is 2. The molecule has 0 aliphatic heterocycles. The van der Waals surface area contributed by atoms with Gasteiger partial charge in [-0.2, -0.15) is 0 Å². The van der Waals surface area contributed by atoms with Gasteiger partial charge in [-0.05, 0) is 55.5 Å². The number of carbonyl (C=O) groups is 1. The second-order valence-corrected chi connectivity index (χ2v) is 6.54. The predicted molar refractivity (Wildman–Crippen MR) is 99.1 cm³/mol. The molecule has 128 valence electrons. The lowest BCUT2D eigenvalue weighted by molar-refractivity contribution is 0.0951. The van der Waals surface area contributed by atoms with Crippen LogP contribution in [0.3, 0.4) is 0 Å². The van der Waals surface area contributed by atoms with Crippen molar-refractivity contribution in [2.75, 3.05) is 7.11 Å². The number of carbonyl (C=O) groups excluding carboxylic acids is 1. The highest BCUT2D eigenvalue weighted by Crippen LogP contribution is 2.29. The SMILES string of the molecule is COc1ccccc1CNC(=O)c1ccc2[nH]c3c(c2c1)CCCC3. The Kier molecular flexibility index (Phi) is 4.18. The van der Waals surface area contributed by atoms with Crippen LogP contribution in [0, 0.1) is 0 Å². The molecule has 1 amide bonds. The van der Waals surface area contributed by atoms with Gasteiger partial charge in [-0.15, -0.1) is 0 Å². The molecule has 0 unspecified atom stereocenters. The van der Waals surface area contributed by atoms with Crippen molar-refractivity contribution in [3.63, 3.8) is 0 Å². The highest BCUT2D eigenvalue weighted by molar-refractivity contribution is 5.99. The summed E-state index contributed by atoms with van der Waals surface area (Å²) in [6.07, 6.45) is 4.68. The quantitative estimate of drug-likeness (QED) is 0.758. The van der Waals surface area contributed by atoms with Gasteiger partial charge < -0.3 is 15.0 Å². The number of nitrogens with one attached hydrogen (secondary N) is 2. The number of para-hydroxylation sites is 1. The zero-order chi connectivity index (χ0) is 17.2. The summed E-state index contributed by atoms with van der Waals surface area (Å²) in [5.41, 5.74) is 5.54. The Balaban J connectivity index is 1.55. The van der Waals surface area contributed by atoms with Crippen molar-refractivity contribution in [1.82, 2.24) is 10.3 Å². The van der Waals surface area contributed by atoms with Gasteiger partial charge >= 0.3 is 0 Å².